The first-order valence-electron chi connectivity index (χ1n) is 18.8. The van der Waals surface area contributed by atoms with Gasteiger partial charge in [-0.1, -0.05) is 65.3 Å². The van der Waals surface area contributed by atoms with Crippen LogP contribution >= 0.6 is 11.3 Å². The molecule has 2 N–H and O–H groups in total. The van der Waals surface area contributed by atoms with Crippen LogP contribution in [0.5, 0.6) is 0 Å². The van der Waals surface area contributed by atoms with Crippen LogP contribution in [0.25, 0.3) is 32.8 Å². The van der Waals surface area contributed by atoms with E-state index in [-0.39, 0.29) is 190 Å². The van der Waals surface area contributed by atoms with Gasteiger partial charge in [-0.15, -0.1) is 32.9 Å². The molecule has 0 saturated heterocycles. The first-order valence-corrected chi connectivity index (χ1v) is 23.8. The number of thiazole rings is 1. The van der Waals surface area contributed by atoms with E-state index in [1.165, 1.54) is 37.3 Å². The van der Waals surface area contributed by atoms with Crippen LogP contribution in [0.2, 0.25) is 0 Å². The molecule has 0 aliphatic rings. The van der Waals surface area contributed by atoms with Crippen LogP contribution in [0, 0.1) is 34.4 Å². The van der Waals surface area contributed by atoms with Gasteiger partial charge >= 0.3 is 118 Å². The predicted octanol–water partition coefficient (Wildman–Crippen LogP) is -2.55. The Labute approximate surface area is 496 Å². The van der Waals surface area contributed by atoms with Crippen molar-refractivity contribution >= 4 is 113 Å². The number of azo groups is 2. The van der Waals surface area contributed by atoms with E-state index < -0.39 is 55.7 Å². The van der Waals surface area contributed by atoms with Crippen LogP contribution in [0.15, 0.2) is 150 Å². The molecular formula is C42H24N10Na4O11S4. The number of rotatable bonds is 13. The Morgan fingerprint density at radius 2 is 1.28 bits per heavy atom. The summed E-state index contributed by atoms with van der Waals surface area (Å²) in [5.74, 6) is -0.0982. The number of aromatic nitrogens is 2. The van der Waals surface area contributed by atoms with E-state index in [1.54, 1.807) is 6.07 Å². The summed E-state index contributed by atoms with van der Waals surface area (Å²) < 4.78 is 106. The zero-order valence-corrected chi connectivity index (χ0v) is 48.9. The molecule has 336 valence electrons. The minimum absolute atomic E-state index is 0. The Kier molecular flexibility index (Phi) is 20.5. The fraction of sp³-hybridized carbons (Fsp3) is 0.0238. The van der Waals surface area contributed by atoms with Gasteiger partial charge in [0.1, 0.15) is 47.8 Å². The van der Waals surface area contributed by atoms with Gasteiger partial charge in [-0.25, -0.2) is 35.2 Å². The number of nitriles is 1. The fourth-order valence-corrected chi connectivity index (χ4v) is 8.91. The van der Waals surface area contributed by atoms with Gasteiger partial charge in [0.05, 0.1) is 15.4 Å². The average molecular weight is 1060 g/mol. The van der Waals surface area contributed by atoms with E-state index in [0.717, 1.165) is 64.6 Å². The molecule has 0 unspecified atom stereocenters. The molecule has 0 saturated carbocycles. The van der Waals surface area contributed by atoms with Crippen molar-refractivity contribution in [3.63, 3.8) is 0 Å². The number of anilines is 4. The Morgan fingerprint density at radius 3 is 1.85 bits per heavy atom. The number of hydrogen-bond donors (Lipinski definition) is 2. The Morgan fingerprint density at radius 1 is 0.690 bits per heavy atom. The van der Waals surface area contributed by atoms with Gasteiger partial charge in [0.2, 0.25) is 5.13 Å². The molecule has 0 spiro atoms. The summed E-state index contributed by atoms with van der Waals surface area (Å²) in [7, 11) is -14.7. The SMILES string of the molecule is Cc1c(C#N)c(Nc2ccc(S(=O)(=O)[O-])cc2)nc(Nc2ccc(S(=O)(=O)[O-])cc2)c1N=Nc1nc(-c2ccc3ccccc3c2)c(N=Nc2cc(S(=O)(=O)[O-])c3cc([N+](=O)[O-])c[c-]c3c2)s1.[Na+].[Na+].[Na+].[Na+]. The van der Waals surface area contributed by atoms with E-state index in [2.05, 4.69) is 53.2 Å². The van der Waals surface area contributed by atoms with Gasteiger partial charge in [-0.3, -0.25) is 10.1 Å². The second-order valence-corrected chi connectivity index (χ2v) is 19.1. The molecule has 21 nitrogen and oxygen atoms in total. The van der Waals surface area contributed by atoms with E-state index in [9.17, 15) is 54.3 Å². The van der Waals surface area contributed by atoms with Crippen molar-refractivity contribution in [2.75, 3.05) is 10.6 Å². The quantitative estimate of drug-likeness (QED) is 0.0300. The molecule has 8 rings (SSSR count). The third kappa shape index (κ3) is 14.0. The number of nitro groups is 1. The number of non-ortho nitro benzene ring substituents is 1. The maximum absolute atomic E-state index is 12.3. The number of nitro benzene ring substituents is 1. The first-order chi connectivity index (χ1) is 31.7. The summed E-state index contributed by atoms with van der Waals surface area (Å²) in [5, 5.41) is 46.7. The standard InChI is InChI=1S/C42H27N10O11S4.4Na/c1-23-35(22-43)39(44-28-9-14-32(15-10-28)65(55,56)57)47-40(45-29-11-16-33(17-12-29)66(58,59)60)37(23)49-51-42-46-38(27-7-6-24-4-2-3-5-25(24)18-27)41(64-42)50-48-30-19-26-8-13-31(52(53)54)21-34(26)36(20-30)67(61,62)63;;;;/h2-7,9-21H,1H3,(H2,44,45,47)(H,55,56,57)(H,58,59,60)(H,61,62,63);;;;/q-1;4*+1/p-3. The van der Waals surface area contributed by atoms with Crippen LogP contribution in [0.1, 0.15) is 11.1 Å². The van der Waals surface area contributed by atoms with Gasteiger partial charge in [0.25, 0.3) is 0 Å². The van der Waals surface area contributed by atoms with Crippen molar-refractivity contribution < 1.29 is 162 Å². The van der Waals surface area contributed by atoms with Gasteiger partial charge < -0.3 is 24.3 Å². The summed E-state index contributed by atoms with van der Waals surface area (Å²) in [6.45, 7) is 1.53. The zero-order valence-electron chi connectivity index (χ0n) is 37.7. The smallest absolute Gasteiger partial charge is 0.745 e. The Hall–Kier alpha value is -3.96. The van der Waals surface area contributed by atoms with Gasteiger partial charge in [0, 0.05) is 38.0 Å². The topological polar surface area (TPSA) is 338 Å². The van der Waals surface area contributed by atoms with Crippen LogP contribution < -0.4 is 129 Å². The van der Waals surface area contributed by atoms with E-state index in [0.29, 0.717) is 5.56 Å². The third-order valence-electron chi connectivity index (χ3n) is 9.73. The van der Waals surface area contributed by atoms with Crippen LogP contribution in [0.3, 0.4) is 0 Å². The Balaban J connectivity index is 0.00000274. The van der Waals surface area contributed by atoms with Crippen molar-refractivity contribution in [2.45, 2.75) is 21.6 Å². The van der Waals surface area contributed by atoms with E-state index >= 15 is 0 Å². The van der Waals surface area contributed by atoms with Crippen molar-refractivity contribution in [3.8, 4) is 17.3 Å². The number of nitrogens with zero attached hydrogens (tertiary/aromatic N) is 8. The van der Waals surface area contributed by atoms with Crippen molar-refractivity contribution in [1.29, 1.82) is 5.26 Å². The third-order valence-corrected chi connectivity index (χ3v) is 13.1. The molecule has 8 aromatic rings. The summed E-state index contributed by atoms with van der Waals surface area (Å²) in [5.41, 5.74) is 0.822. The first kappa shape index (κ1) is 59.6. The number of benzene rings is 6. The molecule has 0 atom stereocenters. The molecule has 29 heteroatoms. The van der Waals surface area contributed by atoms with Gasteiger partial charge in [-0.05, 0) is 78.4 Å². The predicted molar refractivity (Wildman–Crippen MR) is 240 cm³/mol. The van der Waals surface area contributed by atoms with Crippen LogP contribution in [-0.4, -0.2) is 53.8 Å². The molecule has 2 aromatic heterocycles. The molecule has 71 heavy (non-hydrogen) atoms. The fourth-order valence-electron chi connectivity index (χ4n) is 6.54. The summed E-state index contributed by atoms with van der Waals surface area (Å²) in [4.78, 5) is 18.1. The van der Waals surface area contributed by atoms with Gasteiger partial charge in [-0.2, -0.15) is 10.4 Å². The molecule has 2 heterocycles. The molecule has 0 bridgehead atoms. The van der Waals surface area contributed by atoms with E-state index in [1.807, 2.05) is 36.4 Å². The molecule has 0 aliphatic heterocycles. The molecule has 0 radical (unpaired) electrons. The van der Waals surface area contributed by atoms with Crippen LogP contribution in [0.4, 0.5) is 50.2 Å². The second-order valence-electron chi connectivity index (χ2n) is 14.1. The monoisotopic (exact) mass is 1060 g/mol. The van der Waals surface area contributed by atoms with Crippen LogP contribution in [-0.2, 0) is 30.4 Å². The second kappa shape index (κ2) is 24.4. The van der Waals surface area contributed by atoms with E-state index in [4.69, 9.17) is 0 Å². The van der Waals surface area contributed by atoms with Crippen molar-refractivity contribution in [1.82, 2.24) is 9.97 Å². The van der Waals surface area contributed by atoms with Crippen molar-refractivity contribution in [3.05, 3.63) is 143 Å². The normalized spacial score (nSPS) is 11.5. The maximum atomic E-state index is 12.3. The molecular weight excluding hydrogens is 1040 g/mol. The van der Waals surface area contributed by atoms with Crippen molar-refractivity contribution in [2.24, 2.45) is 20.5 Å². The number of nitrogens with one attached hydrogen (secondary N) is 2. The van der Waals surface area contributed by atoms with Gasteiger partial charge in [0.15, 0.2) is 22.3 Å². The summed E-state index contributed by atoms with van der Waals surface area (Å²) >= 11 is 0.890. The maximum Gasteiger partial charge on any atom is 1.00 e. The average Bonchev–Trinajstić information content (AvgIpc) is 3.70. The molecule has 6 aromatic carbocycles. The largest absolute Gasteiger partial charge is 1.00 e. The molecule has 0 amide bonds. The zero-order chi connectivity index (χ0) is 47.8. The molecule has 0 fully saturated rings. The number of pyridine rings is 1. The number of fused-ring (bicyclic) bond motifs is 2. The molecule has 0 aliphatic carbocycles. The number of hydrogen-bond acceptors (Lipinski definition) is 21. The minimum atomic E-state index is -5.18. The summed E-state index contributed by atoms with van der Waals surface area (Å²) in [6.07, 6.45) is 0. The Bertz CT molecular complexity index is 3810. The minimum Gasteiger partial charge on any atom is -0.745 e. The summed E-state index contributed by atoms with van der Waals surface area (Å²) in [6, 6.07) is 31.3.